The van der Waals surface area contributed by atoms with Gasteiger partial charge in [0.15, 0.2) is 22.3 Å². The molecule has 0 saturated heterocycles. The Morgan fingerprint density at radius 2 is 1.64 bits per heavy atom. The summed E-state index contributed by atoms with van der Waals surface area (Å²) in [7, 11) is 0. The van der Waals surface area contributed by atoms with Gasteiger partial charge in [0.05, 0.1) is 0 Å². The van der Waals surface area contributed by atoms with E-state index in [0.717, 1.165) is 16.6 Å². The van der Waals surface area contributed by atoms with Gasteiger partial charge in [-0.2, -0.15) is 26.3 Å². The monoisotopic (exact) mass is 533 g/mol. The van der Waals surface area contributed by atoms with Crippen molar-refractivity contribution in [3.63, 3.8) is 0 Å². The van der Waals surface area contributed by atoms with Crippen molar-refractivity contribution in [2.24, 2.45) is 5.92 Å². The van der Waals surface area contributed by atoms with E-state index in [2.05, 4.69) is 26.6 Å². The average molecular weight is 534 g/mol. The summed E-state index contributed by atoms with van der Waals surface area (Å²) in [6.45, 7) is 0. The number of quaternary nitrogens is 1. The molecule has 1 aliphatic rings. The number of phenols is 1. The lowest BCUT2D eigenvalue weighted by molar-refractivity contribution is -0.313. The van der Waals surface area contributed by atoms with Crippen molar-refractivity contribution in [1.82, 2.24) is 4.98 Å². The number of rotatable bonds is 3. The molecule has 4 rings (SSSR count). The van der Waals surface area contributed by atoms with Gasteiger partial charge in [-0.3, -0.25) is 0 Å². The minimum absolute atomic E-state index is 0.0734. The molecule has 1 atom stereocenters. The maximum atomic E-state index is 14.4. The topological polar surface area (TPSA) is 73.9 Å². The number of halogens is 7. The Balaban J connectivity index is 1.92. The molecule has 1 unspecified atom stereocenters. The van der Waals surface area contributed by atoms with Crippen molar-refractivity contribution in [2.75, 3.05) is 0 Å². The van der Waals surface area contributed by atoms with Crippen LogP contribution in [-0.4, -0.2) is 22.4 Å². The Kier molecular flexibility index (Phi) is 5.60. The zero-order chi connectivity index (χ0) is 24.2. The van der Waals surface area contributed by atoms with Crippen molar-refractivity contribution in [2.45, 2.75) is 24.2 Å². The number of oxazole rings is 1. The maximum Gasteiger partial charge on any atom is 0.407 e. The third-order valence-electron chi connectivity index (χ3n) is 5.68. The number of phenolic OH excluding ortho intramolecular Hbond substituents is 1. The second-order valence-corrected chi connectivity index (χ2v) is 8.55. The molecule has 4 nitrogen and oxygen atoms in total. The smallest absolute Gasteiger partial charge is 0.407 e. The molecule has 3 aromatic rings. The molecule has 1 heterocycles. The van der Waals surface area contributed by atoms with Crippen LogP contribution in [0.1, 0.15) is 12.0 Å². The molecule has 2 aromatic carbocycles. The van der Waals surface area contributed by atoms with E-state index in [4.69, 9.17) is 4.42 Å². The van der Waals surface area contributed by atoms with Gasteiger partial charge >= 0.3 is 12.4 Å². The lowest BCUT2D eigenvalue weighted by Gasteiger charge is -2.42. The molecule has 11 heteroatoms. The third kappa shape index (κ3) is 3.82. The number of benzene rings is 2. The molecule has 0 bridgehead atoms. The normalized spacial score (nSPS) is 16.7. The fourth-order valence-corrected chi connectivity index (χ4v) is 4.31. The summed E-state index contributed by atoms with van der Waals surface area (Å²) in [5.74, 6) is -2.78. The lowest BCUT2D eigenvalue weighted by atomic mass is 9.66. The summed E-state index contributed by atoms with van der Waals surface area (Å²) in [4.78, 5) is 4.21. The van der Waals surface area contributed by atoms with Crippen LogP contribution in [0, 0.1) is 5.92 Å². The third-order valence-corrected chi connectivity index (χ3v) is 6.21. The highest BCUT2D eigenvalue weighted by Gasteiger charge is 2.74. The molecule has 0 spiro atoms. The van der Waals surface area contributed by atoms with Crippen molar-refractivity contribution < 1.29 is 41.6 Å². The second-order valence-electron chi connectivity index (χ2n) is 7.64. The number of aromatic nitrogens is 1. The maximum absolute atomic E-state index is 14.4. The van der Waals surface area contributed by atoms with Crippen LogP contribution >= 0.6 is 15.9 Å². The summed E-state index contributed by atoms with van der Waals surface area (Å²) in [5, 5.41) is 10.0. The quantitative estimate of drug-likeness (QED) is 0.492. The zero-order valence-electron chi connectivity index (χ0n) is 16.6. The van der Waals surface area contributed by atoms with Gasteiger partial charge in [-0.25, -0.2) is 4.98 Å². The minimum Gasteiger partial charge on any atom is -0.503 e. The Bertz CT molecular complexity index is 1300. The predicted octanol–water partition coefficient (Wildman–Crippen LogP) is 4.33. The van der Waals surface area contributed by atoms with E-state index in [1.165, 1.54) is 6.08 Å². The molecular weight excluding hydrogens is 518 g/mol. The number of alkyl halides is 6. The van der Waals surface area contributed by atoms with E-state index in [1.54, 1.807) is 24.3 Å². The molecule has 1 aliphatic carbocycles. The van der Waals surface area contributed by atoms with Crippen LogP contribution in [0.2, 0.25) is 0 Å². The molecule has 174 valence electrons. The van der Waals surface area contributed by atoms with Gasteiger partial charge in [0, 0.05) is 22.0 Å². The molecule has 0 fully saturated rings. The Morgan fingerprint density at radius 3 is 2.21 bits per heavy atom. The number of hydrogen-bond acceptors (Lipinski definition) is 3. The Labute approximate surface area is 191 Å². The van der Waals surface area contributed by atoms with Crippen molar-refractivity contribution in [3.8, 4) is 17.2 Å². The molecule has 0 radical (unpaired) electrons. The van der Waals surface area contributed by atoms with Crippen LogP contribution in [0.25, 0.3) is 23.6 Å². The Morgan fingerprint density at radius 1 is 1.00 bits per heavy atom. The van der Waals surface area contributed by atoms with Gasteiger partial charge in [0.25, 0.3) is 0 Å². The first kappa shape index (κ1) is 23.4. The molecule has 0 amide bonds. The highest BCUT2D eigenvalue weighted by molar-refractivity contribution is 9.10. The number of nitrogens with zero attached hydrogens (tertiary/aromatic N) is 1. The highest BCUT2D eigenvalue weighted by Crippen LogP contribution is 2.58. The largest absolute Gasteiger partial charge is 0.503 e. The summed E-state index contributed by atoms with van der Waals surface area (Å²) >= 11 is 3.28. The molecule has 1 aromatic heterocycles. The molecular formula is C22H16BrF6N2O2+. The summed E-state index contributed by atoms with van der Waals surface area (Å²) in [6.07, 6.45) is -10.0. The van der Waals surface area contributed by atoms with Crippen LogP contribution in [0.5, 0.6) is 5.75 Å². The Hall–Kier alpha value is -2.79. The lowest BCUT2D eigenvalue weighted by Crippen LogP contribution is -2.59. The van der Waals surface area contributed by atoms with Crippen molar-refractivity contribution >= 4 is 33.8 Å². The number of hydrogen-bond donors (Lipinski definition) is 2. The fraction of sp³-hybridized carbons (Fsp3) is 0.227. The summed E-state index contributed by atoms with van der Waals surface area (Å²) in [5.41, 5.74) is -1.78. The van der Waals surface area contributed by atoms with Crippen molar-refractivity contribution in [1.29, 1.82) is 0 Å². The fourth-order valence-electron chi connectivity index (χ4n) is 4.05. The second kappa shape index (κ2) is 7.91. The zero-order valence-corrected chi connectivity index (χ0v) is 18.2. The van der Waals surface area contributed by atoms with E-state index in [9.17, 15) is 31.4 Å². The SMILES string of the molecule is [NH3+]c1ccc(C(C2C=c3oc(-c4ccc(Br)cc4)nc3=CC2)(C(F)(F)F)C(F)(F)F)cc1O. The number of fused-ring (bicyclic) bond motifs is 1. The van der Waals surface area contributed by atoms with E-state index >= 15 is 0 Å². The predicted molar refractivity (Wildman–Crippen MR) is 110 cm³/mol. The van der Waals surface area contributed by atoms with Crippen LogP contribution in [0.15, 0.2) is 51.4 Å². The van der Waals surface area contributed by atoms with Gasteiger partial charge in [0.1, 0.15) is 5.35 Å². The standard InChI is InChI=1S/C22H15BrF6N2O2/c23-14-5-1-11(2-6-14)19-31-16-8-4-13(10-18(16)33-19)20(21(24,25)26,22(27,28)29)12-3-7-15(30)17(32)9-12/h1-3,5-10,13,32H,4,30H2/p+1. The van der Waals surface area contributed by atoms with Crippen molar-refractivity contribution in [3.05, 3.63) is 63.3 Å². The van der Waals surface area contributed by atoms with Crippen LogP contribution < -0.4 is 16.5 Å². The molecule has 33 heavy (non-hydrogen) atoms. The summed E-state index contributed by atoms with van der Waals surface area (Å²) < 4.78 is 92.5. The average Bonchev–Trinajstić information content (AvgIpc) is 3.13. The van der Waals surface area contributed by atoms with Gasteiger partial charge in [0.2, 0.25) is 5.89 Å². The highest BCUT2D eigenvalue weighted by atomic mass is 79.9. The van der Waals surface area contributed by atoms with Crippen LogP contribution in [-0.2, 0) is 5.41 Å². The molecule has 0 aliphatic heterocycles. The van der Waals surface area contributed by atoms with Crippen LogP contribution in [0.3, 0.4) is 0 Å². The van der Waals surface area contributed by atoms with E-state index in [1.807, 2.05) is 0 Å². The van der Waals surface area contributed by atoms with Gasteiger partial charge < -0.3 is 15.3 Å². The first-order valence-corrected chi connectivity index (χ1v) is 10.4. The first-order chi connectivity index (χ1) is 15.3. The van der Waals surface area contributed by atoms with Gasteiger partial charge in [-0.05, 0) is 48.4 Å². The van der Waals surface area contributed by atoms with E-state index < -0.39 is 41.4 Å². The van der Waals surface area contributed by atoms with E-state index in [0.29, 0.717) is 17.7 Å². The summed E-state index contributed by atoms with van der Waals surface area (Å²) in [6, 6.07) is 8.79. The van der Waals surface area contributed by atoms with Gasteiger partial charge in [-0.1, -0.05) is 28.1 Å². The van der Waals surface area contributed by atoms with E-state index in [-0.39, 0.29) is 22.3 Å². The van der Waals surface area contributed by atoms with Crippen LogP contribution in [0.4, 0.5) is 32.0 Å². The van der Waals surface area contributed by atoms with Gasteiger partial charge in [-0.15, -0.1) is 0 Å². The number of aromatic hydroxyl groups is 1. The first-order valence-electron chi connectivity index (χ1n) is 9.58. The molecule has 0 saturated carbocycles. The molecule has 4 N–H and O–H groups in total. The minimum atomic E-state index is -5.73.